The summed E-state index contributed by atoms with van der Waals surface area (Å²) >= 11 is 0. The summed E-state index contributed by atoms with van der Waals surface area (Å²) in [5.74, 6) is 0.826. The van der Waals surface area contributed by atoms with Crippen molar-refractivity contribution in [1.82, 2.24) is 14.1 Å². The summed E-state index contributed by atoms with van der Waals surface area (Å²) in [6.07, 6.45) is 7.86. The van der Waals surface area contributed by atoms with Crippen molar-refractivity contribution in [1.29, 1.82) is 0 Å². The van der Waals surface area contributed by atoms with E-state index in [9.17, 15) is 9.18 Å². The Balaban J connectivity index is 1.57. The van der Waals surface area contributed by atoms with Crippen LogP contribution in [0.3, 0.4) is 0 Å². The zero-order valence-electron chi connectivity index (χ0n) is 20.2. The number of aromatic nitrogens is 3. The van der Waals surface area contributed by atoms with Crippen LogP contribution in [0.1, 0.15) is 59.7 Å². The lowest BCUT2D eigenvalue weighted by Crippen LogP contribution is -2.27. The fourth-order valence-electron chi connectivity index (χ4n) is 4.46. The maximum atomic E-state index is 13.7. The van der Waals surface area contributed by atoms with Crippen LogP contribution in [0.2, 0.25) is 0 Å². The average molecular weight is 470 g/mol. The number of hydrogen-bond donors (Lipinski definition) is 0. The van der Waals surface area contributed by atoms with E-state index in [-0.39, 0.29) is 17.4 Å². The molecule has 1 fully saturated rings. The van der Waals surface area contributed by atoms with Gasteiger partial charge in [-0.1, -0.05) is 24.8 Å². The van der Waals surface area contributed by atoms with E-state index in [1.165, 1.54) is 12.1 Å². The third-order valence-electron chi connectivity index (χ3n) is 6.73. The zero-order valence-corrected chi connectivity index (χ0v) is 20.2. The van der Waals surface area contributed by atoms with Crippen LogP contribution < -0.4 is 10.3 Å². The van der Waals surface area contributed by atoms with Gasteiger partial charge in [-0.05, 0) is 85.2 Å². The van der Waals surface area contributed by atoms with Crippen LogP contribution in [0.4, 0.5) is 4.39 Å². The van der Waals surface area contributed by atoms with Crippen LogP contribution in [0.5, 0.6) is 5.75 Å². The first-order chi connectivity index (χ1) is 16.9. The minimum Gasteiger partial charge on any atom is -0.495 e. The number of pyridine rings is 1. The quantitative estimate of drug-likeness (QED) is 0.332. The molecule has 0 radical (unpaired) electrons. The molecule has 1 aliphatic carbocycles. The van der Waals surface area contributed by atoms with E-state index in [1.807, 2.05) is 55.1 Å². The van der Waals surface area contributed by atoms with Gasteiger partial charge < -0.3 is 13.9 Å². The molecule has 5 nitrogen and oxygen atoms in total. The van der Waals surface area contributed by atoms with Gasteiger partial charge in [-0.2, -0.15) is 0 Å². The second-order valence-corrected chi connectivity index (χ2v) is 9.19. The third-order valence-corrected chi connectivity index (χ3v) is 6.73. The number of benzene rings is 2. The smallest absolute Gasteiger partial charge is 0.258 e. The van der Waals surface area contributed by atoms with Crippen LogP contribution in [0.15, 0.2) is 78.6 Å². The Hall–Kier alpha value is -3.93. The Morgan fingerprint density at radius 1 is 1.14 bits per heavy atom. The Kier molecular flexibility index (Phi) is 5.89. The van der Waals surface area contributed by atoms with Crippen molar-refractivity contribution in [3.05, 3.63) is 118 Å². The molecule has 1 atom stereocenters. The van der Waals surface area contributed by atoms with Crippen molar-refractivity contribution in [3.8, 4) is 11.4 Å². The predicted octanol–water partition coefficient (Wildman–Crippen LogP) is 6.04. The van der Waals surface area contributed by atoms with Gasteiger partial charge in [0.25, 0.3) is 5.56 Å². The van der Waals surface area contributed by atoms with Crippen molar-refractivity contribution >= 4 is 5.57 Å². The van der Waals surface area contributed by atoms with Crippen molar-refractivity contribution in [2.45, 2.75) is 38.6 Å². The highest BCUT2D eigenvalue weighted by Crippen LogP contribution is 2.41. The van der Waals surface area contributed by atoms with E-state index in [4.69, 9.17) is 4.74 Å². The highest BCUT2D eigenvalue weighted by Gasteiger charge is 2.27. The lowest BCUT2D eigenvalue weighted by molar-refractivity contribution is 0.412. The fourth-order valence-corrected chi connectivity index (χ4v) is 4.46. The van der Waals surface area contributed by atoms with Crippen molar-refractivity contribution < 1.29 is 9.13 Å². The topological polar surface area (TPSA) is 49.0 Å². The number of methoxy groups -OCH3 is 1. The van der Waals surface area contributed by atoms with E-state index >= 15 is 0 Å². The van der Waals surface area contributed by atoms with Gasteiger partial charge in [-0.25, -0.2) is 9.37 Å². The van der Waals surface area contributed by atoms with E-state index in [2.05, 4.69) is 11.6 Å². The average Bonchev–Trinajstić information content (AvgIpc) is 3.63. The molecule has 1 aliphatic rings. The monoisotopic (exact) mass is 469 g/mol. The zero-order chi connectivity index (χ0) is 24.7. The number of imidazole rings is 1. The Bertz CT molecular complexity index is 1460. The number of hydrogen-bond acceptors (Lipinski definition) is 3. The van der Waals surface area contributed by atoms with Gasteiger partial charge in [0.05, 0.1) is 30.9 Å². The van der Waals surface area contributed by atoms with Crippen molar-refractivity contribution in [3.63, 3.8) is 0 Å². The minimum atomic E-state index is -0.294. The second kappa shape index (κ2) is 9.02. The number of ether oxygens (including phenoxy) is 1. The van der Waals surface area contributed by atoms with Gasteiger partial charge in [-0.15, -0.1) is 0 Å². The minimum absolute atomic E-state index is 0.121. The van der Waals surface area contributed by atoms with Crippen LogP contribution in [0, 0.1) is 12.7 Å². The molecule has 5 rings (SSSR count). The molecule has 2 heterocycles. The van der Waals surface area contributed by atoms with Gasteiger partial charge >= 0.3 is 0 Å². The van der Waals surface area contributed by atoms with Crippen LogP contribution in [-0.2, 0) is 0 Å². The standard InChI is InChI=1S/C29H28FN3O2/c1-18-15-32(17-31-18)27-12-9-23(14-28(27)35-4)19(2)26-13-24(22-5-6-22)16-33(29(26)34)20(3)21-7-10-25(30)11-8-21/h7-17,20,22H,2,5-6H2,1,3-4H3. The maximum Gasteiger partial charge on any atom is 0.258 e. The van der Waals surface area contributed by atoms with Crippen LogP contribution >= 0.6 is 0 Å². The van der Waals surface area contributed by atoms with Gasteiger partial charge in [0, 0.05) is 18.0 Å². The SMILES string of the molecule is C=C(c1ccc(-n2cnc(C)c2)c(OC)c1)c1cc(C2CC2)cn(C(C)c2ccc(F)cc2)c1=O. The van der Waals surface area contributed by atoms with Crippen molar-refractivity contribution in [2.75, 3.05) is 7.11 Å². The Morgan fingerprint density at radius 2 is 1.89 bits per heavy atom. The summed E-state index contributed by atoms with van der Waals surface area (Å²) < 4.78 is 22.8. The fraction of sp³-hybridized carbons (Fsp3) is 0.241. The normalized spacial score (nSPS) is 14.1. The number of halogens is 1. The molecule has 0 N–H and O–H groups in total. The number of nitrogens with zero attached hydrogens (tertiary/aromatic N) is 3. The first kappa shape index (κ1) is 22.8. The summed E-state index contributed by atoms with van der Waals surface area (Å²) in [5, 5.41) is 0. The van der Waals surface area contributed by atoms with E-state index < -0.39 is 0 Å². The molecule has 4 aromatic rings. The molecular weight excluding hydrogens is 441 g/mol. The summed E-state index contributed by atoms with van der Waals surface area (Å²) in [4.78, 5) is 18.0. The molecule has 0 spiro atoms. The molecular formula is C29H28FN3O2. The first-order valence-electron chi connectivity index (χ1n) is 11.8. The molecule has 0 bridgehead atoms. The summed E-state index contributed by atoms with van der Waals surface area (Å²) in [7, 11) is 1.63. The van der Waals surface area contributed by atoms with Crippen LogP contribution in [-0.4, -0.2) is 21.2 Å². The predicted molar refractivity (Wildman–Crippen MR) is 136 cm³/mol. The summed E-state index contributed by atoms with van der Waals surface area (Å²) in [6.45, 7) is 8.20. The first-order valence-corrected chi connectivity index (χ1v) is 11.8. The molecule has 178 valence electrons. The van der Waals surface area contributed by atoms with E-state index in [1.54, 1.807) is 30.1 Å². The van der Waals surface area contributed by atoms with Gasteiger partial charge in [0.1, 0.15) is 11.6 Å². The Morgan fingerprint density at radius 3 is 2.51 bits per heavy atom. The van der Waals surface area contributed by atoms with Gasteiger partial charge in [0.2, 0.25) is 0 Å². The van der Waals surface area contributed by atoms with E-state index in [0.29, 0.717) is 22.8 Å². The molecule has 1 saturated carbocycles. The summed E-state index contributed by atoms with van der Waals surface area (Å²) in [6, 6.07) is 13.9. The Labute approximate surface area is 204 Å². The molecule has 2 aromatic heterocycles. The third kappa shape index (κ3) is 4.44. The highest BCUT2D eigenvalue weighted by molar-refractivity contribution is 5.79. The van der Waals surface area contributed by atoms with Crippen molar-refractivity contribution in [2.24, 2.45) is 0 Å². The lowest BCUT2D eigenvalue weighted by Gasteiger charge is -2.20. The molecule has 2 aromatic carbocycles. The van der Waals surface area contributed by atoms with Gasteiger partial charge in [0.15, 0.2) is 0 Å². The number of aryl methyl sites for hydroxylation is 1. The molecule has 0 saturated heterocycles. The van der Waals surface area contributed by atoms with Crippen LogP contribution in [0.25, 0.3) is 11.3 Å². The van der Waals surface area contributed by atoms with E-state index in [0.717, 1.165) is 40.9 Å². The largest absolute Gasteiger partial charge is 0.495 e. The molecule has 1 unspecified atom stereocenters. The molecule has 0 aliphatic heterocycles. The van der Waals surface area contributed by atoms with Gasteiger partial charge in [-0.3, -0.25) is 4.79 Å². The molecule has 0 amide bonds. The highest BCUT2D eigenvalue weighted by atomic mass is 19.1. The number of rotatable bonds is 7. The maximum absolute atomic E-state index is 13.7. The second-order valence-electron chi connectivity index (χ2n) is 9.19. The lowest BCUT2D eigenvalue weighted by atomic mass is 9.97. The molecule has 6 heteroatoms. The molecule has 35 heavy (non-hydrogen) atoms. The summed E-state index contributed by atoms with van der Waals surface area (Å²) in [5.41, 5.74) is 5.68.